The van der Waals surface area contributed by atoms with Gasteiger partial charge in [0.1, 0.15) is 6.10 Å². The number of hydrogen-bond donors (Lipinski definition) is 4. The fraction of sp³-hybridized carbons (Fsp3) is 0.800. The SMILES string of the molecule is CCCCC/C=C/C=C/CCCCCCC(O)C(O)C(CO)NC(=O)CCCCC. The van der Waals surface area contributed by atoms with E-state index in [2.05, 4.69) is 43.5 Å². The Balaban J connectivity index is 3.84. The van der Waals surface area contributed by atoms with Crippen LogP contribution in [0.5, 0.6) is 0 Å². The van der Waals surface area contributed by atoms with Gasteiger partial charge in [0.15, 0.2) is 0 Å². The van der Waals surface area contributed by atoms with Gasteiger partial charge in [0.2, 0.25) is 5.91 Å². The third-order valence-corrected chi connectivity index (χ3v) is 5.34. The summed E-state index contributed by atoms with van der Waals surface area (Å²) in [5.74, 6) is -0.183. The summed E-state index contributed by atoms with van der Waals surface area (Å²) in [6.07, 6.45) is 20.3. The first-order valence-electron chi connectivity index (χ1n) is 12.1. The van der Waals surface area contributed by atoms with E-state index in [4.69, 9.17) is 0 Å². The van der Waals surface area contributed by atoms with Gasteiger partial charge in [0.25, 0.3) is 0 Å². The van der Waals surface area contributed by atoms with Crippen molar-refractivity contribution in [1.29, 1.82) is 0 Å². The summed E-state index contributed by atoms with van der Waals surface area (Å²) < 4.78 is 0. The molecule has 3 atom stereocenters. The second-order valence-electron chi connectivity index (χ2n) is 8.22. The first-order valence-corrected chi connectivity index (χ1v) is 12.1. The lowest BCUT2D eigenvalue weighted by molar-refractivity contribution is -0.124. The van der Waals surface area contributed by atoms with E-state index in [9.17, 15) is 20.1 Å². The molecule has 0 aromatic rings. The van der Waals surface area contributed by atoms with E-state index in [1.165, 1.54) is 19.3 Å². The van der Waals surface area contributed by atoms with Crippen LogP contribution in [0.4, 0.5) is 0 Å². The van der Waals surface area contributed by atoms with Gasteiger partial charge in [-0.05, 0) is 38.5 Å². The van der Waals surface area contributed by atoms with Gasteiger partial charge in [-0.15, -0.1) is 0 Å². The normalized spacial score (nSPS) is 15.0. The Labute approximate surface area is 184 Å². The molecule has 0 heterocycles. The number of carbonyl (C=O) groups excluding carboxylic acids is 1. The van der Waals surface area contributed by atoms with Crippen molar-refractivity contribution in [2.45, 2.75) is 122 Å². The quantitative estimate of drug-likeness (QED) is 0.167. The predicted octanol–water partition coefficient (Wildman–Crippen LogP) is 4.80. The van der Waals surface area contributed by atoms with E-state index in [1.807, 2.05) is 0 Å². The fourth-order valence-electron chi connectivity index (χ4n) is 3.32. The van der Waals surface area contributed by atoms with Crippen LogP contribution in [-0.4, -0.2) is 46.1 Å². The summed E-state index contributed by atoms with van der Waals surface area (Å²) >= 11 is 0. The molecule has 0 saturated carbocycles. The monoisotopic (exact) mass is 425 g/mol. The lowest BCUT2D eigenvalue weighted by Gasteiger charge is -2.26. The van der Waals surface area contributed by atoms with Crippen molar-refractivity contribution in [3.8, 4) is 0 Å². The van der Waals surface area contributed by atoms with Gasteiger partial charge < -0.3 is 20.6 Å². The van der Waals surface area contributed by atoms with Crippen LogP contribution in [-0.2, 0) is 4.79 Å². The van der Waals surface area contributed by atoms with Crippen LogP contribution in [0.1, 0.15) is 104 Å². The molecule has 0 radical (unpaired) electrons. The molecule has 176 valence electrons. The summed E-state index contributed by atoms with van der Waals surface area (Å²) in [4.78, 5) is 11.9. The third-order valence-electron chi connectivity index (χ3n) is 5.34. The Hall–Kier alpha value is -1.17. The standard InChI is InChI=1S/C25H47NO4/c1-3-5-7-8-9-10-11-12-13-14-15-16-18-19-23(28)25(30)22(21-27)26-24(29)20-17-6-4-2/h9-12,22-23,25,27-28,30H,3-8,13-21H2,1-2H3,(H,26,29)/b10-9+,12-11+. The van der Waals surface area contributed by atoms with Crippen molar-refractivity contribution in [3.05, 3.63) is 24.3 Å². The first kappa shape index (κ1) is 28.8. The van der Waals surface area contributed by atoms with E-state index in [0.29, 0.717) is 12.8 Å². The third kappa shape index (κ3) is 16.6. The highest BCUT2D eigenvalue weighted by atomic mass is 16.3. The molecule has 1 amide bonds. The number of hydrogen-bond acceptors (Lipinski definition) is 4. The summed E-state index contributed by atoms with van der Waals surface area (Å²) in [6, 6.07) is -0.811. The molecule has 0 aliphatic heterocycles. The molecule has 0 saturated heterocycles. The number of aliphatic hydroxyl groups excluding tert-OH is 3. The van der Waals surface area contributed by atoms with Crippen molar-refractivity contribution in [1.82, 2.24) is 5.32 Å². The highest BCUT2D eigenvalue weighted by Crippen LogP contribution is 2.12. The van der Waals surface area contributed by atoms with E-state index in [-0.39, 0.29) is 12.5 Å². The van der Waals surface area contributed by atoms with Crippen LogP contribution in [0, 0.1) is 0 Å². The van der Waals surface area contributed by atoms with Gasteiger partial charge in [-0.2, -0.15) is 0 Å². The maximum atomic E-state index is 11.9. The average Bonchev–Trinajstić information content (AvgIpc) is 2.74. The van der Waals surface area contributed by atoms with E-state index in [0.717, 1.165) is 57.8 Å². The first-order chi connectivity index (χ1) is 14.6. The largest absolute Gasteiger partial charge is 0.394 e. The molecular weight excluding hydrogens is 378 g/mol. The minimum Gasteiger partial charge on any atom is -0.394 e. The van der Waals surface area contributed by atoms with E-state index < -0.39 is 18.2 Å². The van der Waals surface area contributed by atoms with Crippen LogP contribution in [0.2, 0.25) is 0 Å². The van der Waals surface area contributed by atoms with Gasteiger partial charge in [-0.1, -0.05) is 83.1 Å². The van der Waals surface area contributed by atoms with Crippen LogP contribution in [0.3, 0.4) is 0 Å². The molecule has 0 rings (SSSR count). The number of allylic oxidation sites excluding steroid dienone is 4. The van der Waals surface area contributed by atoms with Crippen LogP contribution in [0.15, 0.2) is 24.3 Å². The molecule has 30 heavy (non-hydrogen) atoms. The minimum atomic E-state index is -1.14. The Bertz CT molecular complexity index is 450. The molecule has 0 spiro atoms. The van der Waals surface area contributed by atoms with E-state index >= 15 is 0 Å². The number of unbranched alkanes of at least 4 members (excludes halogenated alkanes) is 9. The van der Waals surface area contributed by atoms with Crippen LogP contribution < -0.4 is 5.32 Å². The highest BCUT2D eigenvalue weighted by Gasteiger charge is 2.26. The van der Waals surface area contributed by atoms with Crippen molar-refractivity contribution < 1.29 is 20.1 Å². The van der Waals surface area contributed by atoms with Crippen molar-refractivity contribution >= 4 is 5.91 Å². The molecule has 0 aromatic carbocycles. The predicted molar refractivity (Wildman–Crippen MR) is 125 cm³/mol. The maximum Gasteiger partial charge on any atom is 0.220 e. The van der Waals surface area contributed by atoms with Gasteiger partial charge in [0.05, 0.1) is 18.8 Å². The van der Waals surface area contributed by atoms with Crippen LogP contribution in [0.25, 0.3) is 0 Å². The molecule has 3 unspecified atom stereocenters. The second-order valence-corrected chi connectivity index (χ2v) is 8.22. The molecule has 0 bridgehead atoms. The minimum absolute atomic E-state index is 0.183. The summed E-state index contributed by atoms with van der Waals surface area (Å²) in [6.45, 7) is 3.91. The smallest absolute Gasteiger partial charge is 0.220 e. The van der Waals surface area contributed by atoms with Crippen molar-refractivity contribution in [2.24, 2.45) is 0 Å². The average molecular weight is 426 g/mol. The molecule has 5 nitrogen and oxygen atoms in total. The van der Waals surface area contributed by atoms with Gasteiger partial charge >= 0.3 is 0 Å². The number of amides is 1. The molecule has 4 N–H and O–H groups in total. The fourth-order valence-corrected chi connectivity index (χ4v) is 3.32. The number of aliphatic hydroxyl groups is 3. The summed E-state index contributed by atoms with van der Waals surface area (Å²) in [7, 11) is 0. The molecule has 5 heteroatoms. The Morgan fingerprint density at radius 2 is 1.40 bits per heavy atom. The summed E-state index contributed by atoms with van der Waals surface area (Å²) in [5.41, 5.74) is 0. The number of rotatable bonds is 20. The zero-order chi connectivity index (χ0) is 22.5. The van der Waals surface area contributed by atoms with Crippen LogP contribution >= 0.6 is 0 Å². The lowest BCUT2D eigenvalue weighted by atomic mass is 9.99. The molecule has 0 fully saturated rings. The lowest BCUT2D eigenvalue weighted by Crippen LogP contribution is -2.50. The molecule has 0 aromatic heterocycles. The highest BCUT2D eigenvalue weighted by molar-refractivity contribution is 5.76. The topological polar surface area (TPSA) is 89.8 Å². The van der Waals surface area contributed by atoms with Gasteiger partial charge in [-0.25, -0.2) is 0 Å². The van der Waals surface area contributed by atoms with Gasteiger partial charge in [0, 0.05) is 6.42 Å². The zero-order valence-corrected chi connectivity index (χ0v) is 19.4. The molecule has 0 aliphatic rings. The number of carbonyl (C=O) groups is 1. The zero-order valence-electron chi connectivity index (χ0n) is 19.4. The Morgan fingerprint density at radius 3 is 2.00 bits per heavy atom. The summed E-state index contributed by atoms with van der Waals surface area (Å²) in [5, 5.41) is 32.5. The molecular formula is C25H47NO4. The molecule has 0 aliphatic carbocycles. The Kier molecular flexibility index (Phi) is 20.3. The van der Waals surface area contributed by atoms with Gasteiger partial charge in [-0.3, -0.25) is 4.79 Å². The maximum absolute atomic E-state index is 11.9. The number of nitrogens with one attached hydrogen (secondary N) is 1. The Morgan fingerprint density at radius 1 is 0.833 bits per heavy atom. The second kappa shape index (κ2) is 21.1. The van der Waals surface area contributed by atoms with Crippen molar-refractivity contribution in [3.63, 3.8) is 0 Å². The van der Waals surface area contributed by atoms with E-state index in [1.54, 1.807) is 0 Å². The van der Waals surface area contributed by atoms with Crippen molar-refractivity contribution in [2.75, 3.05) is 6.61 Å².